The van der Waals surface area contributed by atoms with E-state index in [1.165, 1.54) is 0 Å². The maximum absolute atomic E-state index is 12.1. The van der Waals surface area contributed by atoms with Gasteiger partial charge in [0.2, 0.25) is 5.91 Å². The van der Waals surface area contributed by atoms with Gasteiger partial charge < -0.3 is 10.2 Å². The molecule has 0 aliphatic carbocycles. The Kier molecular flexibility index (Phi) is 4.37. The monoisotopic (exact) mass is 309 g/mol. The minimum atomic E-state index is -0.198. The number of nitrogens with zero attached hydrogens (tertiary/aromatic N) is 2. The van der Waals surface area contributed by atoms with Gasteiger partial charge in [0.1, 0.15) is 5.69 Å². The summed E-state index contributed by atoms with van der Waals surface area (Å²) in [6.07, 6.45) is 1.51. The van der Waals surface area contributed by atoms with E-state index in [1.807, 2.05) is 43.3 Å². The van der Waals surface area contributed by atoms with Crippen molar-refractivity contribution in [1.29, 1.82) is 0 Å². The first-order valence-corrected chi connectivity index (χ1v) is 7.74. The van der Waals surface area contributed by atoms with Crippen molar-refractivity contribution in [3.8, 4) is 0 Å². The van der Waals surface area contributed by atoms with Crippen molar-refractivity contribution in [3.05, 3.63) is 59.4 Å². The average molecular weight is 309 g/mol. The molecule has 0 unspecified atom stereocenters. The molecule has 5 nitrogen and oxygen atoms in total. The van der Waals surface area contributed by atoms with Crippen LogP contribution in [0.15, 0.2) is 42.5 Å². The quantitative estimate of drug-likeness (QED) is 0.943. The lowest BCUT2D eigenvalue weighted by Crippen LogP contribution is -2.25. The standard InChI is InChI=1S/C18H19N3O2/c1-13-5-2-8-16(20-13)18(23)19-12-14-6-3-7-15(11-14)21-10-4-9-17(21)22/h2-3,5-8,11H,4,9-10,12H2,1H3,(H,19,23). The third kappa shape index (κ3) is 3.56. The van der Waals surface area contributed by atoms with E-state index in [1.54, 1.807) is 11.0 Å². The zero-order chi connectivity index (χ0) is 16.2. The van der Waals surface area contributed by atoms with Crippen LogP contribution < -0.4 is 10.2 Å². The van der Waals surface area contributed by atoms with Gasteiger partial charge in [-0.25, -0.2) is 4.98 Å². The number of nitrogens with one attached hydrogen (secondary N) is 1. The van der Waals surface area contributed by atoms with Gasteiger partial charge in [-0.2, -0.15) is 0 Å². The summed E-state index contributed by atoms with van der Waals surface area (Å²) in [5.41, 5.74) is 3.08. The molecular formula is C18H19N3O2. The molecule has 1 aliphatic heterocycles. The summed E-state index contributed by atoms with van der Waals surface area (Å²) in [6.45, 7) is 3.03. The van der Waals surface area contributed by atoms with Crippen molar-refractivity contribution in [2.75, 3.05) is 11.4 Å². The molecular weight excluding hydrogens is 290 g/mol. The Morgan fingerprint density at radius 1 is 1.26 bits per heavy atom. The van der Waals surface area contributed by atoms with Gasteiger partial charge in [-0.15, -0.1) is 0 Å². The van der Waals surface area contributed by atoms with Crippen LogP contribution in [0, 0.1) is 6.92 Å². The molecule has 1 fully saturated rings. The Morgan fingerprint density at radius 3 is 2.83 bits per heavy atom. The van der Waals surface area contributed by atoms with E-state index in [2.05, 4.69) is 10.3 Å². The Hall–Kier alpha value is -2.69. The van der Waals surface area contributed by atoms with Gasteiger partial charge in [-0.05, 0) is 43.2 Å². The normalized spacial score (nSPS) is 14.1. The van der Waals surface area contributed by atoms with E-state index in [9.17, 15) is 9.59 Å². The molecule has 3 rings (SSSR count). The number of carbonyl (C=O) groups excluding carboxylic acids is 2. The summed E-state index contributed by atoms with van der Waals surface area (Å²) in [7, 11) is 0. The lowest BCUT2D eigenvalue weighted by Gasteiger charge is -2.16. The minimum absolute atomic E-state index is 0.162. The molecule has 0 atom stereocenters. The number of rotatable bonds is 4. The number of carbonyl (C=O) groups is 2. The molecule has 0 saturated carbocycles. The number of hydrogen-bond donors (Lipinski definition) is 1. The van der Waals surface area contributed by atoms with Crippen molar-refractivity contribution in [2.24, 2.45) is 0 Å². The van der Waals surface area contributed by atoms with Gasteiger partial charge in [0.15, 0.2) is 0 Å². The highest BCUT2D eigenvalue weighted by atomic mass is 16.2. The summed E-state index contributed by atoms with van der Waals surface area (Å²) in [5.74, 6) is -0.0356. The first kappa shape index (κ1) is 15.2. The summed E-state index contributed by atoms with van der Waals surface area (Å²) in [5, 5.41) is 2.87. The third-order valence-corrected chi connectivity index (χ3v) is 3.87. The highest BCUT2D eigenvalue weighted by Crippen LogP contribution is 2.22. The number of amides is 2. The maximum atomic E-state index is 12.1. The molecule has 1 aromatic heterocycles. The van der Waals surface area contributed by atoms with Gasteiger partial charge >= 0.3 is 0 Å². The number of anilines is 1. The van der Waals surface area contributed by atoms with Crippen LogP contribution in [0.5, 0.6) is 0 Å². The van der Waals surface area contributed by atoms with E-state index in [4.69, 9.17) is 0 Å². The van der Waals surface area contributed by atoms with Crippen molar-refractivity contribution >= 4 is 17.5 Å². The van der Waals surface area contributed by atoms with Crippen LogP contribution in [0.3, 0.4) is 0 Å². The summed E-state index contributed by atoms with van der Waals surface area (Å²) < 4.78 is 0. The molecule has 1 N–H and O–H groups in total. The number of aryl methyl sites for hydroxylation is 1. The average Bonchev–Trinajstić information content (AvgIpc) is 2.99. The van der Waals surface area contributed by atoms with Gasteiger partial charge in [-0.3, -0.25) is 9.59 Å². The van der Waals surface area contributed by atoms with Crippen molar-refractivity contribution < 1.29 is 9.59 Å². The predicted octanol–water partition coefficient (Wildman–Crippen LogP) is 2.45. The lowest BCUT2D eigenvalue weighted by atomic mass is 10.2. The van der Waals surface area contributed by atoms with Gasteiger partial charge in [0.25, 0.3) is 5.91 Å². The molecule has 1 saturated heterocycles. The molecule has 1 aromatic carbocycles. The van der Waals surface area contributed by atoms with E-state index in [0.29, 0.717) is 18.7 Å². The molecule has 2 heterocycles. The lowest BCUT2D eigenvalue weighted by molar-refractivity contribution is -0.117. The molecule has 1 aliphatic rings. The Labute approximate surface area is 135 Å². The van der Waals surface area contributed by atoms with Crippen LogP contribution in [0.4, 0.5) is 5.69 Å². The molecule has 2 amide bonds. The van der Waals surface area contributed by atoms with E-state index in [0.717, 1.165) is 29.9 Å². The molecule has 23 heavy (non-hydrogen) atoms. The fourth-order valence-corrected chi connectivity index (χ4v) is 2.70. The Bertz CT molecular complexity index is 743. The van der Waals surface area contributed by atoms with E-state index in [-0.39, 0.29) is 11.8 Å². The van der Waals surface area contributed by atoms with E-state index >= 15 is 0 Å². The predicted molar refractivity (Wildman–Crippen MR) is 88.2 cm³/mol. The summed E-state index contributed by atoms with van der Waals surface area (Å²) in [6, 6.07) is 13.1. The molecule has 118 valence electrons. The molecule has 0 bridgehead atoms. The van der Waals surface area contributed by atoms with E-state index < -0.39 is 0 Å². The Morgan fingerprint density at radius 2 is 2.09 bits per heavy atom. The molecule has 5 heteroatoms. The topological polar surface area (TPSA) is 62.3 Å². The molecule has 0 spiro atoms. The Balaban J connectivity index is 1.66. The van der Waals surface area contributed by atoms with Crippen LogP contribution in [0.1, 0.15) is 34.6 Å². The van der Waals surface area contributed by atoms with Gasteiger partial charge in [0.05, 0.1) is 0 Å². The molecule has 0 radical (unpaired) electrons. The first-order chi connectivity index (χ1) is 11.1. The second-order valence-electron chi connectivity index (χ2n) is 5.67. The van der Waals surface area contributed by atoms with Crippen molar-refractivity contribution in [3.63, 3.8) is 0 Å². The fraction of sp³-hybridized carbons (Fsp3) is 0.278. The largest absolute Gasteiger partial charge is 0.347 e. The zero-order valence-corrected chi connectivity index (χ0v) is 13.1. The van der Waals surface area contributed by atoms with Crippen LogP contribution in [-0.4, -0.2) is 23.3 Å². The summed E-state index contributed by atoms with van der Waals surface area (Å²) >= 11 is 0. The highest BCUT2D eigenvalue weighted by Gasteiger charge is 2.21. The minimum Gasteiger partial charge on any atom is -0.347 e. The van der Waals surface area contributed by atoms with Crippen LogP contribution in [-0.2, 0) is 11.3 Å². The van der Waals surface area contributed by atoms with Crippen LogP contribution in [0.25, 0.3) is 0 Å². The number of pyridine rings is 1. The number of hydrogen-bond acceptors (Lipinski definition) is 3. The highest BCUT2D eigenvalue weighted by molar-refractivity contribution is 5.95. The van der Waals surface area contributed by atoms with Gasteiger partial charge in [-0.1, -0.05) is 18.2 Å². The maximum Gasteiger partial charge on any atom is 0.270 e. The van der Waals surface area contributed by atoms with Crippen LogP contribution >= 0.6 is 0 Å². The smallest absolute Gasteiger partial charge is 0.270 e. The number of aromatic nitrogens is 1. The fourth-order valence-electron chi connectivity index (χ4n) is 2.70. The zero-order valence-electron chi connectivity index (χ0n) is 13.1. The van der Waals surface area contributed by atoms with Crippen molar-refractivity contribution in [2.45, 2.75) is 26.3 Å². The second kappa shape index (κ2) is 6.60. The summed E-state index contributed by atoms with van der Waals surface area (Å²) in [4.78, 5) is 30.0. The number of benzene rings is 1. The van der Waals surface area contributed by atoms with Crippen LogP contribution in [0.2, 0.25) is 0 Å². The molecule has 2 aromatic rings. The first-order valence-electron chi connectivity index (χ1n) is 7.74. The SMILES string of the molecule is Cc1cccc(C(=O)NCc2cccc(N3CCCC3=O)c2)n1. The van der Waals surface area contributed by atoms with Gasteiger partial charge in [0, 0.05) is 30.9 Å². The second-order valence-corrected chi connectivity index (χ2v) is 5.67. The third-order valence-electron chi connectivity index (χ3n) is 3.87. The van der Waals surface area contributed by atoms with Crippen molar-refractivity contribution in [1.82, 2.24) is 10.3 Å².